The molecule has 1 N–H and O–H groups in total. The molecule has 0 bridgehead atoms. The van der Waals surface area contributed by atoms with Gasteiger partial charge in [-0.05, 0) is 18.9 Å². The highest BCUT2D eigenvalue weighted by Gasteiger charge is 2.55. The Bertz CT molecular complexity index is 792. The van der Waals surface area contributed by atoms with E-state index in [-0.39, 0.29) is 30.7 Å². The average Bonchev–Trinajstić information content (AvgIpc) is 3.25. The second kappa shape index (κ2) is 7.20. The largest absolute Gasteiger partial charge is 0.481 e. The second-order valence-electron chi connectivity index (χ2n) is 8.36. The van der Waals surface area contributed by atoms with Gasteiger partial charge in [-0.3, -0.25) is 14.4 Å². The summed E-state index contributed by atoms with van der Waals surface area (Å²) in [6.45, 7) is 4.31. The van der Waals surface area contributed by atoms with Crippen LogP contribution in [0.4, 0.5) is 0 Å². The molecule has 4 rings (SSSR count). The van der Waals surface area contributed by atoms with Crippen molar-refractivity contribution in [3.63, 3.8) is 0 Å². The Morgan fingerprint density at radius 3 is 2.68 bits per heavy atom. The minimum Gasteiger partial charge on any atom is -0.481 e. The van der Waals surface area contributed by atoms with Crippen molar-refractivity contribution < 1.29 is 24.2 Å². The lowest BCUT2D eigenvalue weighted by Crippen LogP contribution is -2.45. The summed E-state index contributed by atoms with van der Waals surface area (Å²) in [6, 6.07) is 8.02. The highest BCUT2D eigenvalue weighted by Crippen LogP contribution is 2.43. The number of nitrogens with zero attached hydrogens (tertiary/aromatic N) is 2. The Morgan fingerprint density at radius 1 is 1.25 bits per heavy atom. The highest BCUT2D eigenvalue weighted by molar-refractivity contribution is 5.90. The molecule has 150 valence electrons. The third kappa shape index (κ3) is 3.28. The molecule has 3 aliphatic rings. The topological polar surface area (TPSA) is 87.2 Å². The summed E-state index contributed by atoms with van der Waals surface area (Å²) < 4.78 is 5.46. The Hall–Kier alpha value is -2.41. The number of hydrogen-bond donors (Lipinski definition) is 1. The lowest BCUT2D eigenvalue weighted by molar-refractivity contribution is -0.157. The first-order valence-electron chi connectivity index (χ1n) is 9.82. The molecule has 3 aliphatic heterocycles. The number of rotatable bonds is 4. The third-order valence-corrected chi connectivity index (χ3v) is 6.50. The van der Waals surface area contributed by atoms with Crippen LogP contribution in [0.1, 0.15) is 24.0 Å². The highest BCUT2D eigenvalue weighted by atomic mass is 16.5. The van der Waals surface area contributed by atoms with Crippen LogP contribution in [0.15, 0.2) is 24.3 Å². The van der Waals surface area contributed by atoms with Gasteiger partial charge in [0.15, 0.2) is 0 Å². The maximum atomic E-state index is 13.1. The number of carboxylic acids is 1. The number of amides is 2. The third-order valence-electron chi connectivity index (χ3n) is 6.50. The molecule has 0 spiro atoms. The van der Waals surface area contributed by atoms with Crippen molar-refractivity contribution in [2.24, 2.45) is 17.3 Å². The van der Waals surface area contributed by atoms with Crippen LogP contribution in [0.2, 0.25) is 0 Å². The first-order chi connectivity index (χ1) is 13.4. The summed E-state index contributed by atoms with van der Waals surface area (Å²) in [4.78, 5) is 40.8. The van der Waals surface area contributed by atoms with Crippen molar-refractivity contribution in [2.75, 3.05) is 32.8 Å². The maximum absolute atomic E-state index is 13.1. The molecule has 3 heterocycles. The number of carbonyl (C=O) groups excluding carboxylic acids is 2. The van der Waals surface area contributed by atoms with Crippen LogP contribution in [-0.2, 0) is 25.7 Å². The summed E-state index contributed by atoms with van der Waals surface area (Å²) in [6.07, 6.45) is 0.627. The van der Waals surface area contributed by atoms with Gasteiger partial charge in [0.2, 0.25) is 11.8 Å². The zero-order valence-electron chi connectivity index (χ0n) is 16.1. The summed E-state index contributed by atoms with van der Waals surface area (Å²) in [7, 11) is 0. The van der Waals surface area contributed by atoms with Crippen LogP contribution in [0.5, 0.6) is 0 Å². The van der Waals surface area contributed by atoms with E-state index < -0.39 is 17.3 Å². The lowest BCUT2D eigenvalue weighted by atomic mass is 9.74. The van der Waals surface area contributed by atoms with E-state index in [1.807, 2.05) is 31.2 Å². The average molecular weight is 386 g/mol. The number of hydrogen-bond acceptors (Lipinski definition) is 4. The van der Waals surface area contributed by atoms with Crippen molar-refractivity contribution in [1.82, 2.24) is 9.80 Å². The minimum absolute atomic E-state index is 0.0215. The predicted octanol–water partition coefficient (Wildman–Crippen LogP) is 1.29. The molecule has 0 aliphatic carbocycles. The quantitative estimate of drug-likeness (QED) is 0.843. The van der Waals surface area contributed by atoms with E-state index in [0.29, 0.717) is 39.3 Å². The van der Waals surface area contributed by atoms with Crippen LogP contribution in [0, 0.1) is 24.2 Å². The molecule has 3 atom stereocenters. The van der Waals surface area contributed by atoms with E-state index in [0.717, 1.165) is 11.1 Å². The van der Waals surface area contributed by atoms with E-state index in [2.05, 4.69) is 0 Å². The van der Waals surface area contributed by atoms with E-state index in [1.54, 1.807) is 9.80 Å². The van der Waals surface area contributed by atoms with Crippen molar-refractivity contribution in [3.8, 4) is 0 Å². The van der Waals surface area contributed by atoms with Gasteiger partial charge in [-0.25, -0.2) is 0 Å². The van der Waals surface area contributed by atoms with Gasteiger partial charge < -0.3 is 19.6 Å². The van der Waals surface area contributed by atoms with E-state index in [1.165, 1.54) is 0 Å². The number of carbonyl (C=O) groups is 3. The Labute approximate surface area is 164 Å². The van der Waals surface area contributed by atoms with Crippen molar-refractivity contribution in [3.05, 3.63) is 35.4 Å². The van der Waals surface area contributed by atoms with E-state index in [4.69, 9.17) is 4.74 Å². The fourth-order valence-electron chi connectivity index (χ4n) is 4.73. The van der Waals surface area contributed by atoms with Crippen molar-refractivity contribution in [2.45, 2.75) is 26.3 Å². The number of benzene rings is 1. The number of ether oxygens (including phenoxy) is 1. The van der Waals surface area contributed by atoms with Gasteiger partial charge in [0.25, 0.3) is 0 Å². The number of aryl methyl sites for hydroxylation is 1. The van der Waals surface area contributed by atoms with Crippen LogP contribution in [-0.4, -0.2) is 65.5 Å². The molecule has 7 heteroatoms. The molecule has 1 unspecified atom stereocenters. The Kier molecular flexibility index (Phi) is 4.87. The monoisotopic (exact) mass is 386 g/mol. The lowest BCUT2D eigenvalue weighted by Gasteiger charge is -2.33. The van der Waals surface area contributed by atoms with Crippen LogP contribution >= 0.6 is 0 Å². The number of likely N-dealkylation sites (tertiary alicyclic amines) is 2. The number of fused-ring (bicyclic) bond motifs is 1. The van der Waals surface area contributed by atoms with Gasteiger partial charge in [-0.2, -0.15) is 0 Å². The summed E-state index contributed by atoms with van der Waals surface area (Å²) >= 11 is 0. The number of carboxylic acid groups (broad SMARTS) is 1. The molecule has 28 heavy (non-hydrogen) atoms. The van der Waals surface area contributed by atoms with Crippen molar-refractivity contribution >= 4 is 17.8 Å². The molecule has 2 amide bonds. The normalized spacial score (nSPS) is 29.8. The molecule has 1 aromatic carbocycles. The molecular formula is C21H26N2O5. The molecule has 0 saturated carbocycles. The van der Waals surface area contributed by atoms with E-state index in [9.17, 15) is 19.5 Å². The first-order valence-corrected chi connectivity index (χ1v) is 9.82. The van der Waals surface area contributed by atoms with Gasteiger partial charge in [-0.1, -0.05) is 29.8 Å². The van der Waals surface area contributed by atoms with Gasteiger partial charge >= 0.3 is 5.97 Å². The summed E-state index contributed by atoms with van der Waals surface area (Å²) in [5.74, 6) is -1.55. The standard InChI is InChI=1S/C21H26N2O5/c1-14-2-4-15(5-3-14)9-22-10-16(8-18(22)24)19(25)23-11-17-12-28-7-6-21(17,13-23)20(26)27/h2-5,16-17H,6-13H2,1H3,(H,26,27)/t16?,17-,21+/m0/s1. The van der Waals surface area contributed by atoms with Crippen LogP contribution in [0.3, 0.4) is 0 Å². The van der Waals surface area contributed by atoms with Crippen molar-refractivity contribution in [1.29, 1.82) is 0 Å². The molecular weight excluding hydrogens is 360 g/mol. The Balaban J connectivity index is 1.42. The molecule has 0 aromatic heterocycles. The fourth-order valence-corrected chi connectivity index (χ4v) is 4.73. The molecule has 3 saturated heterocycles. The van der Waals surface area contributed by atoms with Gasteiger partial charge in [0.1, 0.15) is 0 Å². The van der Waals surface area contributed by atoms with Gasteiger partial charge in [0, 0.05) is 45.1 Å². The zero-order valence-corrected chi connectivity index (χ0v) is 16.1. The van der Waals surface area contributed by atoms with E-state index >= 15 is 0 Å². The SMILES string of the molecule is Cc1ccc(CN2CC(C(=O)N3C[C@H]4COCC[C@@]4(C(=O)O)C3)CC2=O)cc1. The smallest absolute Gasteiger partial charge is 0.311 e. The molecule has 7 nitrogen and oxygen atoms in total. The van der Waals surface area contributed by atoms with Gasteiger partial charge in [-0.15, -0.1) is 0 Å². The van der Waals surface area contributed by atoms with Crippen LogP contribution in [0.25, 0.3) is 0 Å². The second-order valence-corrected chi connectivity index (χ2v) is 8.36. The molecule has 3 fully saturated rings. The summed E-state index contributed by atoms with van der Waals surface area (Å²) in [5.41, 5.74) is 1.30. The molecule has 1 aromatic rings. The fraction of sp³-hybridized carbons (Fsp3) is 0.571. The number of aliphatic carboxylic acids is 1. The molecule has 0 radical (unpaired) electrons. The first kappa shape index (κ1) is 18.9. The maximum Gasteiger partial charge on any atom is 0.311 e. The van der Waals surface area contributed by atoms with Crippen LogP contribution < -0.4 is 0 Å². The van der Waals surface area contributed by atoms with Gasteiger partial charge in [0.05, 0.1) is 17.9 Å². The predicted molar refractivity (Wildman–Crippen MR) is 100 cm³/mol. The minimum atomic E-state index is -0.905. The summed E-state index contributed by atoms with van der Waals surface area (Å²) in [5, 5.41) is 9.78. The zero-order chi connectivity index (χ0) is 19.9. The Morgan fingerprint density at radius 2 is 2.00 bits per heavy atom.